The first-order valence-electron chi connectivity index (χ1n) is 5.45. The fraction of sp³-hybridized carbons (Fsp3) is 0.583. The SMILES string of the molecule is CO[Si](C)(Cc1cccc(Br)n1)C(C)(C)C. The van der Waals surface area contributed by atoms with Crippen LogP contribution in [0.25, 0.3) is 0 Å². The second kappa shape index (κ2) is 4.98. The van der Waals surface area contributed by atoms with E-state index < -0.39 is 8.32 Å². The van der Waals surface area contributed by atoms with Gasteiger partial charge >= 0.3 is 0 Å². The molecule has 0 aliphatic rings. The highest BCUT2D eigenvalue weighted by atomic mass is 79.9. The largest absolute Gasteiger partial charge is 0.419 e. The maximum Gasteiger partial charge on any atom is 0.200 e. The Hall–Kier alpha value is -0.193. The van der Waals surface area contributed by atoms with Gasteiger partial charge in [-0.2, -0.15) is 0 Å². The van der Waals surface area contributed by atoms with Crippen molar-refractivity contribution in [3.05, 3.63) is 28.5 Å². The Morgan fingerprint density at radius 2 is 2.00 bits per heavy atom. The van der Waals surface area contributed by atoms with Gasteiger partial charge in [0.15, 0.2) is 8.32 Å². The molecule has 1 unspecified atom stereocenters. The molecule has 0 spiro atoms. The first-order valence-corrected chi connectivity index (χ1v) is 8.86. The summed E-state index contributed by atoms with van der Waals surface area (Å²) < 4.78 is 6.72. The average molecular weight is 302 g/mol. The molecule has 16 heavy (non-hydrogen) atoms. The van der Waals surface area contributed by atoms with Crippen LogP contribution in [0.4, 0.5) is 0 Å². The van der Waals surface area contributed by atoms with Gasteiger partial charge in [-0.25, -0.2) is 4.98 Å². The zero-order valence-corrected chi connectivity index (χ0v) is 13.3. The summed E-state index contributed by atoms with van der Waals surface area (Å²) in [5.41, 5.74) is 1.11. The van der Waals surface area contributed by atoms with E-state index in [1.54, 1.807) is 0 Å². The molecule has 1 aromatic rings. The number of rotatable bonds is 3. The van der Waals surface area contributed by atoms with Crippen molar-refractivity contribution in [2.75, 3.05) is 7.11 Å². The summed E-state index contributed by atoms with van der Waals surface area (Å²) in [6.07, 6.45) is 0. The van der Waals surface area contributed by atoms with E-state index in [1.807, 2.05) is 19.2 Å². The molecule has 0 saturated heterocycles. The average Bonchev–Trinajstić information content (AvgIpc) is 2.15. The predicted octanol–water partition coefficient (Wildman–Crippen LogP) is 3.95. The third-order valence-electron chi connectivity index (χ3n) is 3.33. The van der Waals surface area contributed by atoms with Crippen LogP contribution in [0.3, 0.4) is 0 Å². The van der Waals surface area contributed by atoms with Crippen LogP contribution >= 0.6 is 15.9 Å². The molecule has 90 valence electrons. The molecule has 1 aromatic heterocycles. The molecule has 0 fully saturated rings. The normalized spacial score (nSPS) is 15.9. The predicted molar refractivity (Wildman–Crippen MR) is 74.0 cm³/mol. The van der Waals surface area contributed by atoms with Crippen LogP contribution in [-0.4, -0.2) is 20.4 Å². The van der Waals surface area contributed by atoms with E-state index in [0.29, 0.717) is 0 Å². The summed E-state index contributed by atoms with van der Waals surface area (Å²) in [6.45, 7) is 9.03. The molecule has 4 heteroatoms. The molecule has 0 N–H and O–H groups in total. The number of hydrogen-bond donors (Lipinski definition) is 0. The number of aromatic nitrogens is 1. The Bertz CT molecular complexity index is 364. The highest BCUT2D eigenvalue weighted by molar-refractivity contribution is 9.10. The van der Waals surface area contributed by atoms with Crippen LogP contribution in [0.5, 0.6) is 0 Å². The molecule has 1 atom stereocenters. The van der Waals surface area contributed by atoms with Gasteiger partial charge in [0.1, 0.15) is 4.60 Å². The van der Waals surface area contributed by atoms with E-state index in [0.717, 1.165) is 16.3 Å². The van der Waals surface area contributed by atoms with E-state index in [4.69, 9.17) is 4.43 Å². The van der Waals surface area contributed by atoms with E-state index >= 15 is 0 Å². The van der Waals surface area contributed by atoms with E-state index in [9.17, 15) is 0 Å². The van der Waals surface area contributed by atoms with Crippen molar-refractivity contribution in [1.82, 2.24) is 4.98 Å². The molecule has 0 amide bonds. The van der Waals surface area contributed by atoms with Gasteiger partial charge in [-0.3, -0.25) is 0 Å². The molecule has 2 nitrogen and oxygen atoms in total. The lowest BCUT2D eigenvalue weighted by molar-refractivity contribution is 0.364. The van der Waals surface area contributed by atoms with Gasteiger partial charge in [-0.15, -0.1) is 0 Å². The fourth-order valence-corrected chi connectivity index (χ4v) is 4.09. The first-order chi connectivity index (χ1) is 7.28. The van der Waals surface area contributed by atoms with Gasteiger partial charge < -0.3 is 4.43 Å². The second-order valence-corrected chi connectivity index (χ2v) is 10.8. The third kappa shape index (κ3) is 3.15. The molecule has 0 aromatic carbocycles. The minimum atomic E-state index is -1.77. The summed E-state index contributed by atoms with van der Waals surface area (Å²) in [7, 11) is 0.0568. The lowest BCUT2D eigenvalue weighted by Gasteiger charge is -2.38. The molecule has 0 bridgehead atoms. The Labute approximate surface area is 108 Å². The molecule has 0 saturated carbocycles. The lowest BCUT2D eigenvalue weighted by Crippen LogP contribution is -2.46. The maximum atomic E-state index is 5.83. The molecule has 1 rings (SSSR count). The number of hydrogen-bond acceptors (Lipinski definition) is 2. The first kappa shape index (κ1) is 13.9. The fourth-order valence-electron chi connectivity index (χ4n) is 1.54. The van der Waals surface area contributed by atoms with Crippen LogP contribution in [0.2, 0.25) is 11.6 Å². The van der Waals surface area contributed by atoms with Crippen molar-refractivity contribution in [2.24, 2.45) is 0 Å². The van der Waals surface area contributed by atoms with E-state index in [2.05, 4.69) is 54.3 Å². The summed E-state index contributed by atoms with van der Waals surface area (Å²) in [5.74, 6) is 0. The van der Waals surface area contributed by atoms with Gasteiger partial charge in [-0.1, -0.05) is 26.8 Å². The number of nitrogens with zero attached hydrogens (tertiary/aromatic N) is 1. The summed E-state index contributed by atoms with van der Waals surface area (Å²) in [5, 5.41) is 0.214. The Kier molecular flexibility index (Phi) is 4.32. The van der Waals surface area contributed by atoms with Crippen molar-refractivity contribution in [1.29, 1.82) is 0 Å². The standard InChI is InChI=1S/C12H20BrNOSi/c1-12(2,3)16(5,15-4)9-10-7-6-8-11(13)14-10/h6-8H,9H2,1-5H3. The van der Waals surface area contributed by atoms with Crippen LogP contribution in [0.15, 0.2) is 22.8 Å². The van der Waals surface area contributed by atoms with Crippen LogP contribution in [0.1, 0.15) is 26.5 Å². The number of halogens is 1. The highest BCUT2D eigenvalue weighted by Gasteiger charge is 2.41. The van der Waals surface area contributed by atoms with Crippen molar-refractivity contribution in [2.45, 2.75) is 38.4 Å². The van der Waals surface area contributed by atoms with Crippen molar-refractivity contribution in [3.8, 4) is 0 Å². The van der Waals surface area contributed by atoms with Crippen LogP contribution < -0.4 is 0 Å². The van der Waals surface area contributed by atoms with E-state index in [-0.39, 0.29) is 5.04 Å². The Morgan fingerprint density at radius 3 is 2.44 bits per heavy atom. The van der Waals surface area contributed by atoms with Crippen molar-refractivity contribution < 1.29 is 4.43 Å². The summed E-state index contributed by atoms with van der Waals surface area (Å²) >= 11 is 3.41. The van der Waals surface area contributed by atoms with Gasteiger partial charge in [-0.05, 0) is 39.6 Å². The minimum absolute atomic E-state index is 0.214. The minimum Gasteiger partial charge on any atom is -0.419 e. The highest BCUT2D eigenvalue weighted by Crippen LogP contribution is 2.38. The molecule has 0 aliphatic carbocycles. The molecular formula is C12H20BrNOSi. The summed E-state index contributed by atoms with van der Waals surface area (Å²) in [6, 6.07) is 7.00. The third-order valence-corrected chi connectivity index (χ3v) is 8.88. The molecule has 1 heterocycles. The van der Waals surface area contributed by atoms with Gasteiger partial charge in [0.2, 0.25) is 0 Å². The topological polar surface area (TPSA) is 22.1 Å². The maximum absolute atomic E-state index is 5.83. The van der Waals surface area contributed by atoms with Gasteiger partial charge in [0.05, 0.1) is 0 Å². The van der Waals surface area contributed by atoms with Gasteiger partial charge in [0, 0.05) is 18.8 Å². The lowest BCUT2D eigenvalue weighted by atomic mass is 10.2. The quantitative estimate of drug-likeness (QED) is 0.623. The van der Waals surface area contributed by atoms with Crippen LogP contribution in [0, 0.1) is 0 Å². The number of pyridine rings is 1. The smallest absolute Gasteiger partial charge is 0.200 e. The monoisotopic (exact) mass is 301 g/mol. The Balaban J connectivity index is 2.94. The molecule has 0 aliphatic heterocycles. The zero-order chi connectivity index (χ0) is 12.4. The van der Waals surface area contributed by atoms with Crippen molar-refractivity contribution >= 4 is 24.2 Å². The van der Waals surface area contributed by atoms with Crippen molar-refractivity contribution in [3.63, 3.8) is 0 Å². The molecule has 0 radical (unpaired) electrons. The second-order valence-electron chi connectivity index (χ2n) is 5.31. The zero-order valence-electron chi connectivity index (χ0n) is 10.7. The summed E-state index contributed by atoms with van der Waals surface area (Å²) in [4.78, 5) is 4.49. The van der Waals surface area contributed by atoms with E-state index in [1.165, 1.54) is 0 Å². The van der Waals surface area contributed by atoms with Gasteiger partial charge in [0.25, 0.3) is 0 Å². The van der Waals surface area contributed by atoms with Crippen LogP contribution in [-0.2, 0) is 10.5 Å². The Morgan fingerprint density at radius 1 is 1.38 bits per heavy atom. The molecular weight excluding hydrogens is 282 g/mol.